The van der Waals surface area contributed by atoms with Crippen molar-refractivity contribution in [2.45, 2.75) is 28.0 Å². The minimum Gasteiger partial charge on any atom is -0.392 e. The maximum Gasteiger partial charge on any atom is 0.175 e. The second-order valence-electron chi connectivity index (χ2n) is 6.17. The largest absolute Gasteiger partial charge is 0.392 e. The van der Waals surface area contributed by atoms with Crippen LogP contribution in [0.2, 0.25) is 5.02 Å². The summed E-state index contributed by atoms with van der Waals surface area (Å²) in [7, 11) is -3.25. The second kappa shape index (κ2) is 8.63. The average molecular weight is 435 g/mol. The zero-order valence-corrected chi connectivity index (χ0v) is 17.5. The van der Waals surface area contributed by atoms with E-state index >= 15 is 0 Å². The van der Waals surface area contributed by atoms with Crippen molar-refractivity contribution in [1.29, 1.82) is 0 Å². The number of aliphatic hydroxyl groups is 1. The Morgan fingerprint density at radius 1 is 1.11 bits per heavy atom. The van der Waals surface area contributed by atoms with Gasteiger partial charge in [0.1, 0.15) is 5.03 Å². The molecule has 0 bridgehead atoms. The van der Waals surface area contributed by atoms with Crippen molar-refractivity contribution in [3.63, 3.8) is 0 Å². The first-order valence-corrected chi connectivity index (χ1v) is 11.5. The first-order chi connectivity index (χ1) is 13.3. The predicted octanol–water partition coefficient (Wildman–Crippen LogP) is 3.91. The number of nitrogens with zero attached hydrogens (tertiary/aromatic N) is 1. The molecule has 3 N–H and O–H groups in total. The highest BCUT2D eigenvalue weighted by Gasteiger charge is 2.15. The molecule has 1 aromatic heterocycles. The van der Waals surface area contributed by atoms with Crippen molar-refractivity contribution in [3.05, 3.63) is 70.9 Å². The summed E-state index contributed by atoms with van der Waals surface area (Å²) in [6.07, 6.45) is 2.84. The van der Waals surface area contributed by atoms with Gasteiger partial charge in [-0.2, -0.15) is 0 Å². The molecule has 0 unspecified atom stereocenters. The van der Waals surface area contributed by atoms with Crippen molar-refractivity contribution in [2.24, 2.45) is 5.73 Å². The van der Waals surface area contributed by atoms with E-state index in [0.717, 1.165) is 21.6 Å². The van der Waals surface area contributed by atoms with E-state index in [1.807, 2.05) is 18.2 Å². The Labute approximate surface area is 173 Å². The summed E-state index contributed by atoms with van der Waals surface area (Å²) in [5, 5.41) is 10.7. The quantitative estimate of drug-likeness (QED) is 0.611. The molecule has 0 amide bonds. The normalized spacial score (nSPS) is 11.6. The molecule has 0 fully saturated rings. The summed E-state index contributed by atoms with van der Waals surface area (Å²) in [5.41, 5.74) is 9.20. The minimum atomic E-state index is -3.25. The third kappa shape index (κ3) is 4.56. The van der Waals surface area contributed by atoms with Gasteiger partial charge in [-0.3, -0.25) is 0 Å². The number of benzene rings is 2. The summed E-state index contributed by atoms with van der Waals surface area (Å²) in [6, 6.07) is 14.0. The standard InChI is InChI=1S/C20H19ClN2O3S2/c1-28(25,26)17-6-4-13(5-7-17)15-9-16(11-22)19(18(21)10-15)27-20-14(12-24)3-2-8-23-20/h2-10,24H,11-12,22H2,1H3. The fourth-order valence-corrected chi connectivity index (χ4v) is 4.70. The van der Waals surface area contributed by atoms with Crippen molar-refractivity contribution in [3.8, 4) is 11.1 Å². The molecule has 3 aromatic rings. The van der Waals surface area contributed by atoms with Gasteiger partial charge in [-0.15, -0.1) is 0 Å². The number of pyridine rings is 1. The lowest BCUT2D eigenvalue weighted by atomic mass is 10.0. The Balaban J connectivity index is 2.00. The van der Waals surface area contributed by atoms with Crippen LogP contribution in [0.3, 0.4) is 0 Å². The van der Waals surface area contributed by atoms with E-state index in [4.69, 9.17) is 17.3 Å². The van der Waals surface area contributed by atoms with E-state index in [9.17, 15) is 13.5 Å². The van der Waals surface area contributed by atoms with Crippen LogP contribution in [0.4, 0.5) is 0 Å². The third-order valence-corrected chi connectivity index (χ3v) is 6.96. The topological polar surface area (TPSA) is 93.3 Å². The van der Waals surface area contributed by atoms with Crippen LogP contribution in [-0.2, 0) is 23.0 Å². The van der Waals surface area contributed by atoms with Crippen LogP contribution < -0.4 is 5.73 Å². The average Bonchev–Trinajstić information content (AvgIpc) is 2.69. The van der Waals surface area contributed by atoms with Crippen LogP contribution in [0.1, 0.15) is 11.1 Å². The molecule has 0 aliphatic carbocycles. The van der Waals surface area contributed by atoms with Crippen LogP contribution in [0.25, 0.3) is 11.1 Å². The molecule has 5 nitrogen and oxygen atoms in total. The van der Waals surface area contributed by atoms with Crippen molar-refractivity contribution in [1.82, 2.24) is 4.98 Å². The number of hydrogen-bond donors (Lipinski definition) is 2. The Hall–Kier alpha value is -1.90. The molecule has 0 aliphatic heterocycles. The highest BCUT2D eigenvalue weighted by Crippen LogP contribution is 2.39. The predicted molar refractivity (Wildman–Crippen MR) is 112 cm³/mol. The lowest BCUT2D eigenvalue weighted by Crippen LogP contribution is -2.01. The molecule has 146 valence electrons. The smallest absolute Gasteiger partial charge is 0.175 e. The summed E-state index contributed by atoms with van der Waals surface area (Å²) in [6.45, 7) is 0.162. The summed E-state index contributed by atoms with van der Waals surface area (Å²) in [4.78, 5) is 5.37. The number of halogens is 1. The molecule has 0 saturated heterocycles. The van der Waals surface area contributed by atoms with Gasteiger partial charge in [0.2, 0.25) is 0 Å². The van der Waals surface area contributed by atoms with Crippen LogP contribution in [0.5, 0.6) is 0 Å². The van der Waals surface area contributed by atoms with E-state index in [-0.39, 0.29) is 18.0 Å². The Morgan fingerprint density at radius 2 is 1.82 bits per heavy atom. The first kappa shape index (κ1) is 20.8. The van der Waals surface area contributed by atoms with Gasteiger partial charge in [-0.05, 0) is 47.0 Å². The number of aliphatic hydroxyl groups excluding tert-OH is 1. The fourth-order valence-electron chi connectivity index (χ4n) is 2.71. The molecule has 0 atom stereocenters. The van der Waals surface area contributed by atoms with E-state index < -0.39 is 9.84 Å². The van der Waals surface area contributed by atoms with Crippen molar-refractivity contribution >= 4 is 33.2 Å². The zero-order chi connectivity index (χ0) is 20.3. The molecular formula is C20H19ClN2O3S2. The molecule has 3 rings (SSSR count). The minimum absolute atomic E-state index is 0.115. The second-order valence-corrected chi connectivity index (χ2v) is 9.60. The maximum absolute atomic E-state index is 11.6. The zero-order valence-electron chi connectivity index (χ0n) is 15.1. The van der Waals surface area contributed by atoms with Crippen LogP contribution in [-0.4, -0.2) is 24.8 Å². The molecular weight excluding hydrogens is 416 g/mol. The molecule has 0 aliphatic rings. The Morgan fingerprint density at radius 3 is 2.43 bits per heavy atom. The highest BCUT2D eigenvalue weighted by atomic mass is 35.5. The number of rotatable bonds is 6. The summed E-state index contributed by atoms with van der Waals surface area (Å²) >= 11 is 7.91. The van der Waals surface area contributed by atoms with Crippen LogP contribution in [0, 0.1) is 0 Å². The van der Waals surface area contributed by atoms with E-state index in [0.29, 0.717) is 15.6 Å². The Kier molecular flexibility index (Phi) is 6.42. The van der Waals surface area contributed by atoms with E-state index in [1.165, 1.54) is 18.0 Å². The van der Waals surface area contributed by atoms with Gasteiger partial charge in [0, 0.05) is 29.5 Å². The third-order valence-electron chi connectivity index (χ3n) is 4.18. The molecule has 0 saturated carbocycles. The van der Waals surface area contributed by atoms with Crippen molar-refractivity contribution < 1.29 is 13.5 Å². The van der Waals surface area contributed by atoms with Gasteiger partial charge in [-0.25, -0.2) is 13.4 Å². The van der Waals surface area contributed by atoms with Gasteiger partial charge in [0.05, 0.1) is 16.5 Å². The molecule has 28 heavy (non-hydrogen) atoms. The lowest BCUT2D eigenvalue weighted by molar-refractivity contribution is 0.278. The van der Waals surface area contributed by atoms with Gasteiger partial charge < -0.3 is 10.8 Å². The molecule has 0 radical (unpaired) electrons. The molecule has 0 spiro atoms. The van der Waals surface area contributed by atoms with Crippen molar-refractivity contribution in [2.75, 3.05) is 6.26 Å². The first-order valence-electron chi connectivity index (χ1n) is 8.39. The number of nitrogens with two attached hydrogens (primary N) is 1. The van der Waals surface area contributed by atoms with Gasteiger partial charge in [0.15, 0.2) is 9.84 Å². The van der Waals surface area contributed by atoms with Gasteiger partial charge in [-0.1, -0.05) is 41.6 Å². The fraction of sp³-hybridized carbons (Fsp3) is 0.150. The van der Waals surface area contributed by atoms with Gasteiger partial charge >= 0.3 is 0 Å². The molecule has 2 aromatic carbocycles. The van der Waals surface area contributed by atoms with E-state index in [2.05, 4.69) is 4.98 Å². The number of hydrogen-bond acceptors (Lipinski definition) is 6. The Bertz CT molecular complexity index is 1100. The van der Waals surface area contributed by atoms with Crippen LogP contribution >= 0.6 is 23.4 Å². The monoisotopic (exact) mass is 434 g/mol. The molecule has 1 heterocycles. The summed E-state index contributed by atoms with van der Waals surface area (Å²) < 4.78 is 23.3. The van der Waals surface area contributed by atoms with E-state index in [1.54, 1.807) is 36.5 Å². The number of aromatic nitrogens is 1. The summed E-state index contributed by atoms with van der Waals surface area (Å²) in [5.74, 6) is 0. The maximum atomic E-state index is 11.6. The van der Waals surface area contributed by atoms with Gasteiger partial charge in [0.25, 0.3) is 0 Å². The lowest BCUT2D eigenvalue weighted by Gasteiger charge is -2.14. The molecule has 8 heteroatoms. The SMILES string of the molecule is CS(=O)(=O)c1ccc(-c2cc(Cl)c(Sc3ncccc3CO)c(CN)c2)cc1. The highest BCUT2D eigenvalue weighted by molar-refractivity contribution is 7.99. The number of sulfone groups is 1. The van der Waals surface area contributed by atoms with Crippen LogP contribution in [0.15, 0.2) is 69.5 Å².